The van der Waals surface area contributed by atoms with E-state index in [-0.39, 0.29) is 0 Å². The van der Waals surface area contributed by atoms with Crippen molar-refractivity contribution in [3.8, 4) is 11.8 Å². The Labute approximate surface area is 74.8 Å². The van der Waals surface area contributed by atoms with Gasteiger partial charge in [-0.3, -0.25) is 4.79 Å². The summed E-state index contributed by atoms with van der Waals surface area (Å²) in [5.41, 5.74) is 2.64. The molecule has 0 spiro atoms. The number of rotatable bonds is 0. The summed E-state index contributed by atoms with van der Waals surface area (Å²) >= 11 is 0. The summed E-state index contributed by atoms with van der Waals surface area (Å²) in [4.78, 5) is 17.0. The molecule has 0 fully saturated rings. The Morgan fingerprint density at radius 2 is 2.38 bits per heavy atom. The minimum Gasteiger partial charge on any atom is -0.345 e. The van der Waals surface area contributed by atoms with Crippen LogP contribution in [0.5, 0.6) is 0 Å². The van der Waals surface area contributed by atoms with Gasteiger partial charge >= 0.3 is 0 Å². The number of aromatic amines is 1. The molecule has 2 aromatic rings. The number of aromatic nitrogens is 2. The third kappa shape index (κ3) is 1.42. The smallest absolute Gasteiger partial charge is 0.193 e. The molecular formula is C10H6N2O. The number of fused-ring (bicyclic) bond motifs is 1. The van der Waals surface area contributed by atoms with Gasteiger partial charge in [0.1, 0.15) is 0 Å². The van der Waals surface area contributed by atoms with Crippen LogP contribution in [0.2, 0.25) is 0 Å². The number of nitrogens with zero attached hydrogens (tertiary/aromatic N) is 1. The van der Waals surface area contributed by atoms with Crippen LogP contribution in [-0.4, -0.2) is 16.3 Å². The molecule has 0 saturated heterocycles. The van der Waals surface area contributed by atoms with Crippen molar-refractivity contribution >= 4 is 17.3 Å². The quantitative estimate of drug-likeness (QED) is 0.475. The van der Waals surface area contributed by atoms with Crippen LogP contribution in [0.1, 0.15) is 5.56 Å². The molecule has 0 amide bonds. The highest BCUT2D eigenvalue weighted by atomic mass is 16.1. The van der Waals surface area contributed by atoms with Crippen molar-refractivity contribution in [3.05, 3.63) is 30.1 Å². The lowest BCUT2D eigenvalue weighted by Crippen LogP contribution is -1.75. The predicted molar refractivity (Wildman–Crippen MR) is 49.0 cm³/mol. The highest BCUT2D eigenvalue weighted by Crippen LogP contribution is 2.10. The molecule has 62 valence electrons. The van der Waals surface area contributed by atoms with Gasteiger partial charge in [0.25, 0.3) is 0 Å². The summed E-state index contributed by atoms with van der Waals surface area (Å²) in [6.07, 6.45) is 2.21. The van der Waals surface area contributed by atoms with E-state index in [0.29, 0.717) is 6.29 Å². The van der Waals surface area contributed by atoms with Crippen molar-refractivity contribution in [1.82, 2.24) is 9.97 Å². The topological polar surface area (TPSA) is 45.8 Å². The van der Waals surface area contributed by atoms with E-state index in [0.717, 1.165) is 16.6 Å². The monoisotopic (exact) mass is 170 g/mol. The standard InChI is InChI=1S/C10H6N2O/c13-5-1-2-8-3-4-9-10(6-8)12-7-11-9/h3-7H,(H,11,12). The molecule has 1 heterocycles. The van der Waals surface area contributed by atoms with Gasteiger partial charge in [-0.25, -0.2) is 4.98 Å². The molecule has 0 radical (unpaired) electrons. The van der Waals surface area contributed by atoms with Crippen molar-refractivity contribution in [2.24, 2.45) is 0 Å². The van der Waals surface area contributed by atoms with Gasteiger partial charge in [-0.2, -0.15) is 0 Å². The molecule has 0 atom stereocenters. The van der Waals surface area contributed by atoms with E-state index in [9.17, 15) is 4.79 Å². The van der Waals surface area contributed by atoms with E-state index in [1.165, 1.54) is 0 Å². The maximum atomic E-state index is 10.00. The number of benzene rings is 1. The fourth-order valence-corrected chi connectivity index (χ4v) is 1.13. The maximum absolute atomic E-state index is 10.00. The number of hydrogen-bond acceptors (Lipinski definition) is 2. The summed E-state index contributed by atoms with van der Waals surface area (Å²) in [7, 11) is 0. The van der Waals surface area contributed by atoms with Crippen molar-refractivity contribution in [2.45, 2.75) is 0 Å². The minimum atomic E-state index is 0.581. The van der Waals surface area contributed by atoms with Crippen LogP contribution in [0.4, 0.5) is 0 Å². The number of carbonyl (C=O) groups is 1. The van der Waals surface area contributed by atoms with Gasteiger partial charge in [0, 0.05) is 5.56 Å². The van der Waals surface area contributed by atoms with E-state index in [4.69, 9.17) is 0 Å². The summed E-state index contributed by atoms with van der Waals surface area (Å²) in [6, 6.07) is 5.55. The van der Waals surface area contributed by atoms with Crippen LogP contribution in [0.3, 0.4) is 0 Å². The molecule has 3 heteroatoms. The van der Waals surface area contributed by atoms with Crippen LogP contribution < -0.4 is 0 Å². The molecule has 1 N–H and O–H groups in total. The molecule has 0 aliphatic carbocycles. The van der Waals surface area contributed by atoms with E-state index in [1.54, 1.807) is 6.33 Å². The van der Waals surface area contributed by atoms with Crippen LogP contribution in [-0.2, 0) is 4.79 Å². The second-order valence-electron chi connectivity index (χ2n) is 2.52. The SMILES string of the molecule is O=CC#Cc1ccc2nc[nH]c2c1. The molecule has 0 bridgehead atoms. The summed E-state index contributed by atoms with van der Waals surface area (Å²) in [5.74, 6) is 5.07. The molecule has 1 aromatic heterocycles. The first kappa shape index (κ1) is 7.56. The first-order valence-corrected chi connectivity index (χ1v) is 3.78. The lowest BCUT2D eigenvalue weighted by Gasteiger charge is -1.89. The zero-order valence-corrected chi connectivity index (χ0v) is 6.74. The fraction of sp³-hybridized carbons (Fsp3) is 0. The molecular weight excluding hydrogens is 164 g/mol. The number of hydrogen-bond donors (Lipinski definition) is 1. The van der Waals surface area contributed by atoms with Gasteiger partial charge in [-0.05, 0) is 24.1 Å². The van der Waals surface area contributed by atoms with Gasteiger partial charge in [-0.1, -0.05) is 5.92 Å². The van der Waals surface area contributed by atoms with Gasteiger partial charge in [0.15, 0.2) is 6.29 Å². The molecule has 0 unspecified atom stereocenters. The molecule has 3 nitrogen and oxygen atoms in total. The molecule has 0 aliphatic rings. The summed E-state index contributed by atoms with van der Waals surface area (Å²) in [5, 5.41) is 0. The van der Waals surface area contributed by atoms with Crippen LogP contribution >= 0.6 is 0 Å². The second-order valence-corrected chi connectivity index (χ2v) is 2.52. The summed E-state index contributed by atoms with van der Waals surface area (Å²) < 4.78 is 0. The first-order chi connectivity index (χ1) is 6.40. The van der Waals surface area contributed by atoms with E-state index >= 15 is 0 Å². The van der Waals surface area contributed by atoms with Crippen molar-refractivity contribution in [3.63, 3.8) is 0 Å². The van der Waals surface area contributed by atoms with E-state index < -0.39 is 0 Å². The van der Waals surface area contributed by atoms with Gasteiger partial charge in [0.05, 0.1) is 17.4 Å². The zero-order chi connectivity index (χ0) is 9.10. The Balaban J connectivity index is 2.54. The number of aldehydes is 1. The largest absolute Gasteiger partial charge is 0.345 e. The third-order valence-electron chi connectivity index (χ3n) is 1.70. The first-order valence-electron chi connectivity index (χ1n) is 3.78. The number of H-pyrrole nitrogens is 1. The minimum absolute atomic E-state index is 0.581. The van der Waals surface area contributed by atoms with Crippen molar-refractivity contribution in [2.75, 3.05) is 0 Å². The predicted octanol–water partition coefficient (Wildman–Crippen LogP) is 1.11. The van der Waals surface area contributed by atoms with Crippen molar-refractivity contribution < 1.29 is 4.79 Å². The number of nitrogens with one attached hydrogen (secondary N) is 1. The Morgan fingerprint density at radius 1 is 1.46 bits per heavy atom. The van der Waals surface area contributed by atoms with Gasteiger partial charge in [-0.15, -0.1) is 0 Å². The zero-order valence-electron chi connectivity index (χ0n) is 6.74. The molecule has 2 rings (SSSR count). The average Bonchev–Trinajstić information content (AvgIpc) is 2.61. The lowest BCUT2D eigenvalue weighted by molar-refractivity contribution is -0.103. The average molecular weight is 170 g/mol. The highest BCUT2D eigenvalue weighted by Gasteiger charge is 1.94. The Hall–Kier alpha value is -2.08. The Morgan fingerprint density at radius 3 is 3.23 bits per heavy atom. The van der Waals surface area contributed by atoms with Crippen LogP contribution in [0.15, 0.2) is 24.5 Å². The fourth-order valence-electron chi connectivity index (χ4n) is 1.13. The van der Waals surface area contributed by atoms with Gasteiger partial charge in [0.2, 0.25) is 0 Å². The Kier molecular flexibility index (Phi) is 1.81. The Bertz CT molecular complexity index is 502. The molecule has 1 aromatic carbocycles. The highest BCUT2D eigenvalue weighted by molar-refractivity contribution is 5.78. The molecule has 0 aliphatic heterocycles. The maximum Gasteiger partial charge on any atom is 0.193 e. The molecule has 13 heavy (non-hydrogen) atoms. The third-order valence-corrected chi connectivity index (χ3v) is 1.70. The van der Waals surface area contributed by atoms with E-state index in [2.05, 4.69) is 21.8 Å². The van der Waals surface area contributed by atoms with Crippen LogP contribution in [0, 0.1) is 11.8 Å². The molecule has 0 saturated carbocycles. The lowest BCUT2D eigenvalue weighted by atomic mass is 10.2. The van der Waals surface area contributed by atoms with E-state index in [1.807, 2.05) is 18.2 Å². The summed E-state index contributed by atoms with van der Waals surface area (Å²) in [6.45, 7) is 0. The van der Waals surface area contributed by atoms with Crippen LogP contribution in [0.25, 0.3) is 11.0 Å². The number of imidazole rings is 1. The number of carbonyl (C=O) groups excluding carboxylic acids is 1. The second kappa shape index (κ2) is 3.11. The van der Waals surface area contributed by atoms with Crippen molar-refractivity contribution in [1.29, 1.82) is 0 Å². The van der Waals surface area contributed by atoms with Gasteiger partial charge < -0.3 is 4.98 Å². The normalized spacial score (nSPS) is 9.23.